The van der Waals surface area contributed by atoms with Crippen LogP contribution in [0, 0.1) is 0 Å². The van der Waals surface area contributed by atoms with Crippen LogP contribution in [-0.4, -0.2) is 9.78 Å². The van der Waals surface area contributed by atoms with E-state index in [-0.39, 0.29) is 0 Å². The molecule has 0 saturated carbocycles. The monoisotopic (exact) mass is 186 g/mol. The van der Waals surface area contributed by atoms with Gasteiger partial charge in [-0.25, -0.2) is 0 Å². The molecule has 1 aromatic heterocycles. The maximum atomic E-state index is 4.23. The summed E-state index contributed by atoms with van der Waals surface area (Å²) in [5, 5.41) is 4.23. The van der Waals surface area contributed by atoms with E-state index in [1.807, 2.05) is 29.2 Å². The lowest BCUT2D eigenvalue weighted by Crippen LogP contribution is -2.08. The molecule has 2 aromatic rings. The summed E-state index contributed by atoms with van der Waals surface area (Å²) in [4.78, 5) is 0. The van der Waals surface area contributed by atoms with Gasteiger partial charge in [-0.1, -0.05) is 30.3 Å². The molecule has 0 radical (unpaired) electrons. The Morgan fingerprint density at radius 2 is 2.00 bits per heavy atom. The molecule has 2 rings (SSSR count). The Bertz CT molecular complexity index is 364. The summed E-state index contributed by atoms with van der Waals surface area (Å²) < 4.78 is 1.99. The van der Waals surface area contributed by atoms with Gasteiger partial charge in [-0.3, -0.25) is 4.68 Å². The summed E-state index contributed by atoms with van der Waals surface area (Å²) in [6, 6.07) is 12.9. The molecule has 72 valence electrons. The standard InChI is InChI=1S/C12H14N2/c1-11(14-9-5-8-13-14)10-12-6-3-2-4-7-12/h2-9,11H,10H2,1H3. The van der Waals surface area contributed by atoms with Crippen LogP contribution in [-0.2, 0) is 6.42 Å². The molecule has 1 unspecified atom stereocenters. The lowest BCUT2D eigenvalue weighted by Gasteiger charge is -2.11. The van der Waals surface area contributed by atoms with E-state index in [2.05, 4.69) is 36.3 Å². The van der Waals surface area contributed by atoms with Crippen LogP contribution < -0.4 is 0 Å². The first-order chi connectivity index (χ1) is 6.86. The van der Waals surface area contributed by atoms with Crippen molar-refractivity contribution >= 4 is 0 Å². The highest BCUT2D eigenvalue weighted by Crippen LogP contribution is 2.11. The van der Waals surface area contributed by atoms with E-state index >= 15 is 0 Å². The molecule has 0 aliphatic carbocycles. The zero-order valence-corrected chi connectivity index (χ0v) is 8.30. The molecule has 0 spiro atoms. The second-order valence-electron chi connectivity index (χ2n) is 3.52. The summed E-state index contributed by atoms with van der Waals surface area (Å²) in [6.45, 7) is 2.18. The molecule has 1 heterocycles. The van der Waals surface area contributed by atoms with Gasteiger partial charge in [0, 0.05) is 12.4 Å². The van der Waals surface area contributed by atoms with Gasteiger partial charge in [-0.2, -0.15) is 5.10 Å². The molecule has 1 atom stereocenters. The third-order valence-electron chi connectivity index (χ3n) is 2.35. The molecule has 1 aromatic carbocycles. The Balaban J connectivity index is 2.06. The summed E-state index contributed by atoms with van der Waals surface area (Å²) >= 11 is 0. The van der Waals surface area contributed by atoms with Crippen LogP contribution in [0.15, 0.2) is 48.8 Å². The zero-order valence-electron chi connectivity index (χ0n) is 8.30. The van der Waals surface area contributed by atoms with Crippen LogP contribution in [0.1, 0.15) is 18.5 Å². The minimum Gasteiger partial charge on any atom is -0.270 e. The third-order valence-corrected chi connectivity index (χ3v) is 2.35. The second-order valence-corrected chi connectivity index (χ2v) is 3.52. The number of hydrogen-bond acceptors (Lipinski definition) is 1. The van der Waals surface area contributed by atoms with Gasteiger partial charge in [0.2, 0.25) is 0 Å². The summed E-state index contributed by atoms with van der Waals surface area (Å²) in [7, 11) is 0. The van der Waals surface area contributed by atoms with Gasteiger partial charge in [0.25, 0.3) is 0 Å². The quantitative estimate of drug-likeness (QED) is 0.720. The molecule has 0 aliphatic heterocycles. The normalized spacial score (nSPS) is 12.6. The average molecular weight is 186 g/mol. The zero-order chi connectivity index (χ0) is 9.80. The SMILES string of the molecule is CC(Cc1ccccc1)n1cccn1. The van der Waals surface area contributed by atoms with E-state index < -0.39 is 0 Å². The predicted octanol–water partition coefficient (Wildman–Crippen LogP) is 2.69. The Morgan fingerprint density at radius 1 is 1.21 bits per heavy atom. The molecule has 2 nitrogen and oxygen atoms in total. The van der Waals surface area contributed by atoms with Gasteiger partial charge in [0.15, 0.2) is 0 Å². The largest absolute Gasteiger partial charge is 0.270 e. The lowest BCUT2D eigenvalue weighted by molar-refractivity contribution is 0.489. The molecule has 0 amide bonds. The van der Waals surface area contributed by atoms with Crippen LogP contribution >= 0.6 is 0 Å². The summed E-state index contributed by atoms with van der Waals surface area (Å²) in [5.41, 5.74) is 1.36. The van der Waals surface area contributed by atoms with Crippen molar-refractivity contribution < 1.29 is 0 Å². The highest BCUT2D eigenvalue weighted by molar-refractivity contribution is 5.15. The molecule has 14 heavy (non-hydrogen) atoms. The first-order valence-corrected chi connectivity index (χ1v) is 4.89. The third kappa shape index (κ3) is 2.02. The van der Waals surface area contributed by atoms with Crippen molar-refractivity contribution in [1.82, 2.24) is 9.78 Å². The minimum absolute atomic E-state index is 0.424. The van der Waals surface area contributed by atoms with E-state index in [9.17, 15) is 0 Å². The van der Waals surface area contributed by atoms with Gasteiger partial charge in [0.1, 0.15) is 0 Å². The van der Waals surface area contributed by atoms with Crippen molar-refractivity contribution in [3.05, 3.63) is 54.4 Å². The topological polar surface area (TPSA) is 17.8 Å². The van der Waals surface area contributed by atoms with Crippen LogP contribution in [0.2, 0.25) is 0 Å². The van der Waals surface area contributed by atoms with E-state index in [4.69, 9.17) is 0 Å². The van der Waals surface area contributed by atoms with Crippen molar-refractivity contribution in [2.75, 3.05) is 0 Å². The Hall–Kier alpha value is -1.57. The smallest absolute Gasteiger partial charge is 0.0531 e. The maximum absolute atomic E-state index is 4.23. The van der Waals surface area contributed by atoms with E-state index in [0.29, 0.717) is 6.04 Å². The predicted molar refractivity (Wildman–Crippen MR) is 57.1 cm³/mol. The van der Waals surface area contributed by atoms with Crippen LogP contribution in [0.5, 0.6) is 0 Å². The van der Waals surface area contributed by atoms with E-state index in [1.54, 1.807) is 0 Å². The average Bonchev–Trinajstić information content (AvgIpc) is 2.72. The Labute approximate surface area is 84.2 Å². The van der Waals surface area contributed by atoms with Crippen LogP contribution in [0.4, 0.5) is 0 Å². The van der Waals surface area contributed by atoms with E-state index in [0.717, 1.165) is 6.42 Å². The fourth-order valence-corrected chi connectivity index (χ4v) is 1.59. The molecule has 0 fully saturated rings. The summed E-state index contributed by atoms with van der Waals surface area (Å²) in [6.07, 6.45) is 4.86. The highest BCUT2D eigenvalue weighted by Gasteiger charge is 2.04. The van der Waals surface area contributed by atoms with Crippen LogP contribution in [0.25, 0.3) is 0 Å². The Kier molecular flexibility index (Phi) is 2.63. The van der Waals surface area contributed by atoms with Gasteiger partial charge < -0.3 is 0 Å². The fraction of sp³-hybridized carbons (Fsp3) is 0.250. The fourth-order valence-electron chi connectivity index (χ4n) is 1.59. The molecular weight excluding hydrogens is 172 g/mol. The van der Waals surface area contributed by atoms with Crippen molar-refractivity contribution in [2.24, 2.45) is 0 Å². The van der Waals surface area contributed by atoms with Gasteiger partial charge in [0.05, 0.1) is 6.04 Å². The second kappa shape index (κ2) is 4.09. The molecule has 0 saturated heterocycles. The van der Waals surface area contributed by atoms with Crippen LogP contribution in [0.3, 0.4) is 0 Å². The van der Waals surface area contributed by atoms with Crippen molar-refractivity contribution in [3.8, 4) is 0 Å². The molecule has 0 bridgehead atoms. The first kappa shape index (κ1) is 9.00. The van der Waals surface area contributed by atoms with E-state index in [1.165, 1.54) is 5.56 Å². The number of aromatic nitrogens is 2. The minimum atomic E-state index is 0.424. The molecule has 0 N–H and O–H groups in total. The number of rotatable bonds is 3. The lowest BCUT2D eigenvalue weighted by atomic mass is 10.1. The summed E-state index contributed by atoms with van der Waals surface area (Å²) in [5.74, 6) is 0. The Morgan fingerprint density at radius 3 is 2.64 bits per heavy atom. The van der Waals surface area contributed by atoms with Crippen molar-refractivity contribution in [2.45, 2.75) is 19.4 Å². The first-order valence-electron chi connectivity index (χ1n) is 4.89. The molecular formula is C12H14N2. The van der Waals surface area contributed by atoms with Crippen molar-refractivity contribution in [1.29, 1.82) is 0 Å². The highest BCUT2D eigenvalue weighted by atomic mass is 15.3. The maximum Gasteiger partial charge on any atom is 0.0531 e. The number of benzene rings is 1. The molecule has 0 aliphatic rings. The molecule has 2 heteroatoms. The van der Waals surface area contributed by atoms with Gasteiger partial charge in [-0.15, -0.1) is 0 Å². The van der Waals surface area contributed by atoms with Crippen molar-refractivity contribution in [3.63, 3.8) is 0 Å². The van der Waals surface area contributed by atoms with Gasteiger partial charge in [-0.05, 0) is 25.0 Å². The number of hydrogen-bond donors (Lipinski definition) is 0. The van der Waals surface area contributed by atoms with Gasteiger partial charge >= 0.3 is 0 Å². The number of nitrogens with zero attached hydrogens (tertiary/aromatic N) is 2.